The smallest absolute Gasteiger partial charge is 0.287 e. The highest BCUT2D eigenvalue weighted by atomic mass is 79.9. The first kappa shape index (κ1) is 23.7. The SMILES string of the molecule is O=C(NN=Cc1cc(Br)cc(Br)c1O)/C(=C/c1ccccc1)NC(=O)c1ccccc1Cl. The molecular weight excluding hydrogens is 562 g/mol. The van der Waals surface area contributed by atoms with Crippen LogP contribution in [0, 0.1) is 0 Å². The fourth-order valence-corrected chi connectivity index (χ4v) is 4.09. The summed E-state index contributed by atoms with van der Waals surface area (Å²) >= 11 is 12.7. The topological polar surface area (TPSA) is 90.8 Å². The predicted molar refractivity (Wildman–Crippen MR) is 133 cm³/mol. The van der Waals surface area contributed by atoms with Crippen LogP contribution >= 0.6 is 43.5 Å². The molecule has 0 bridgehead atoms. The van der Waals surface area contributed by atoms with E-state index in [4.69, 9.17) is 11.6 Å². The summed E-state index contributed by atoms with van der Waals surface area (Å²) in [6.07, 6.45) is 2.81. The predicted octanol–water partition coefficient (Wildman–Crippen LogP) is 5.49. The number of rotatable bonds is 6. The Labute approximate surface area is 206 Å². The van der Waals surface area contributed by atoms with Crippen LogP contribution in [-0.4, -0.2) is 23.1 Å². The number of nitrogens with one attached hydrogen (secondary N) is 2. The lowest BCUT2D eigenvalue weighted by molar-refractivity contribution is -0.117. The molecule has 2 amide bonds. The number of phenols is 1. The van der Waals surface area contributed by atoms with Crippen molar-refractivity contribution in [2.45, 2.75) is 0 Å². The van der Waals surface area contributed by atoms with Crippen LogP contribution in [0.4, 0.5) is 0 Å². The Morgan fingerprint density at radius 1 is 1.00 bits per heavy atom. The molecule has 0 radical (unpaired) electrons. The summed E-state index contributed by atoms with van der Waals surface area (Å²) in [6, 6.07) is 18.9. The fraction of sp³-hybridized carbons (Fsp3) is 0. The Hall–Kier alpha value is -2.94. The third kappa shape index (κ3) is 6.29. The Morgan fingerprint density at radius 3 is 2.41 bits per heavy atom. The van der Waals surface area contributed by atoms with Gasteiger partial charge in [-0.25, -0.2) is 5.43 Å². The number of carbonyl (C=O) groups excluding carboxylic acids is 2. The summed E-state index contributed by atoms with van der Waals surface area (Å²) in [5.74, 6) is -1.22. The number of benzene rings is 3. The number of phenolic OH excluding ortho intramolecular Hbond substituents is 1. The van der Waals surface area contributed by atoms with Crippen LogP contribution in [0.2, 0.25) is 5.02 Å². The Bertz CT molecular complexity index is 1210. The van der Waals surface area contributed by atoms with Crippen molar-refractivity contribution in [2.24, 2.45) is 5.10 Å². The first-order chi connectivity index (χ1) is 15.3. The van der Waals surface area contributed by atoms with Crippen LogP contribution in [0.25, 0.3) is 6.08 Å². The van der Waals surface area contributed by atoms with Gasteiger partial charge in [-0.3, -0.25) is 9.59 Å². The molecule has 3 aromatic carbocycles. The highest BCUT2D eigenvalue weighted by Gasteiger charge is 2.16. The van der Waals surface area contributed by atoms with Gasteiger partial charge in [-0.05, 0) is 51.8 Å². The standard InChI is InChI=1S/C23H16Br2ClN3O3/c24-16-11-15(21(30)18(25)12-16)13-27-29-23(32)20(10-14-6-2-1-3-7-14)28-22(31)17-8-4-5-9-19(17)26/h1-13,30H,(H,28,31)(H,29,32)/b20-10-,27-13?. The second kappa shape index (κ2) is 11.1. The van der Waals surface area contributed by atoms with Gasteiger partial charge in [0.1, 0.15) is 11.4 Å². The van der Waals surface area contributed by atoms with Gasteiger partial charge in [0.25, 0.3) is 11.8 Å². The number of hydrogen-bond acceptors (Lipinski definition) is 4. The zero-order valence-corrected chi connectivity index (χ0v) is 20.3. The van der Waals surface area contributed by atoms with Crippen molar-refractivity contribution in [2.75, 3.05) is 0 Å². The largest absolute Gasteiger partial charge is 0.506 e. The molecule has 3 N–H and O–H groups in total. The minimum Gasteiger partial charge on any atom is -0.506 e. The second-order valence-corrected chi connectivity index (χ2v) is 8.60. The summed E-state index contributed by atoms with van der Waals surface area (Å²) in [5, 5.41) is 16.9. The van der Waals surface area contributed by atoms with Gasteiger partial charge in [-0.2, -0.15) is 5.10 Å². The maximum absolute atomic E-state index is 12.8. The third-order valence-corrected chi connectivity index (χ3v) is 5.54. The van der Waals surface area contributed by atoms with Crippen molar-refractivity contribution in [1.29, 1.82) is 0 Å². The monoisotopic (exact) mass is 575 g/mol. The van der Waals surface area contributed by atoms with Crippen molar-refractivity contribution in [3.05, 3.63) is 103 Å². The van der Waals surface area contributed by atoms with E-state index >= 15 is 0 Å². The van der Waals surface area contributed by atoms with Crippen molar-refractivity contribution < 1.29 is 14.7 Å². The van der Waals surface area contributed by atoms with E-state index in [1.165, 1.54) is 12.3 Å². The van der Waals surface area contributed by atoms with Gasteiger partial charge in [-0.15, -0.1) is 0 Å². The third-order valence-electron chi connectivity index (χ3n) is 4.15. The van der Waals surface area contributed by atoms with Crippen LogP contribution in [-0.2, 0) is 4.79 Å². The lowest BCUT2D eigenvalue weighted by atomic mass is 10.1. The van der Waals surface area contributed by atoms with E-state index in [-0.39, 0.29) is 22.0 Å². The fourth-order valence-electron chi connectivity index (χ4n) is 2.61. The van der Waals surface area contributed by atoms with Crippen LogP contribution in [0.3, 0.4) is 0 Å². The Morgan fingerprint density at radius 2 is 1.69 bits per heavy atom. The molecule has 0 saturated carbocycles. The molecule has 0 aliphatic carbocycles. The van der Waals surface area contributed by atoms with Gasteiger partial charge in [0.05, 0.1) is 21.3 Å². The van der Waals surface area contributed by atoms with Crippen LogP contribution in [0.5, 0.6) is 5.75 Å². The number of nitrogens with zero attached hydrogens (tertiary/aromatic N) is 1. The molecule has 3 aromatic rings. The molecule has 0 fully saturated rings. The molecule has 0 aliphatic rings. The summed E-state index contributed by atoms with van der Waals surface area (Å²) in [5.41, 5.74) is 3.64. The summed E-state index contributed by atoms with van der Waals surface area (Å²) in [4.78, 5) is 25.5. The minimum atomic E-state index is -0.654. The molecule has 6 nitrogen and oxygen atoms in total. The van der Waals surface area contributed by atoms with Crippen molar-refractivity contribution in [1.82, 2.24) is 10.7 Å². The zero-order valence-electron chi connectivity index (χ0n) is 16.4. The molecule has 162 valence electrons. The van der Waals surface area contributed by atoms with E-state index in [1.807, 2.05) is 18.2 Å². The summed E-state index contributed by atoms with van der Waals surface area (Å²) < 4.78 is 1.18. The highest BCUT2D eigenvalue weighted by Crippen LogP contribution is 2.30. The van der Waals surface area contributed by atoms with Gasteiger partial charge < -0.3 is 10.4 Å². The maximum atomic E-state index is 12.8. The van der Waals surface area contributed by atoms with Gasteiger partial charge in [0, 0.05) is 10.0 Å². The number of aromatic hydroxyl groups is 1. The molecule has 0 spiro atoms. The first-order valence-corrected chi connectivity index (χ1v) is 11.2. The summed E-state index contributed by atoms with van der Waals surface area (Å²) in [6.45, 7) is 0. The number of hydrogen-bond donors (Lipinski definition) is 3. The van der Waals surface area contributed by atoms with Gasteiger partial charge in [0.2, 0.25) is 0 Å². The second-order valence-electron chi connectivity index (χ2n) is 6.43. The van der Waals surface area contributed by atoms with E-state index in [0.29, 0.717) is 20.1 Å². The van der Waals surface area contributed by atoms with Gasteiger partial charge in [-0.1, -0.05) is 70.0 Å². The molecule has 32 heavy (non-hydrogen) atoms. The molecule has 0 atom stereocenters. The lowest BCUT2D eigenvalue weighted by Gasteiger charge is -2.10. The number of carbonyl (C=O) groups is 2. The molecule has 3 rings (SSSR count). The van der Waals surface area contributed by atoms with Crippen molar-refractivity contribution in [3.8, 4) is 5.75 Å². The van der Waals surface area contributed by atoms with Crippen molar-refractivity contribution >= 4 is 67.6 Å². The molecule has 0 unspecified atom stereocenters. The Balaban J connectivity index is 1.83. The van der Waals surface area contributed by atoms with E-state index in [0.717, 1.165) is 0 Å². The van der Waals surface area contributed by atoms with Gasteiger partial charge >= 0.3 is 0 Å². The first-order valence-electron chi connectivity index (χ1n) is 9.19. The van der Waals surface area contributed by atoms with Crippen molar-refractivity contribution in [3.63, 3.8) is 0 Å². The van der Waals surface area contributed by atoms with Gasteiger partial charge in [0.15, 0.2) is 0 Å². The van der Waals surface area contributed by atoms with E-state index in [1.54, 1.807) is 48.5 Å². The lowest BCUT2D eigenvalue weighted by Crippen LogP contribution is -2.33. The number of halogens is 3. The molecule has 0 heterocycles. The van der Waals surface area contributed by atoms with E-state index in [9.17, 15) is 14.7 Å². The normalized spacial score (nSPS) is 11.4. The molecule has 9 heteroatoms. The number of amides is 2. The molecular formula is C23H16Br2ClN3O3. The minimum absolute atomic E-state index is 0.0294. The van der Waals surface area contributed by atoms with Crippen LogP contribution in [0.1, 0.15) is 21.5 Å². The molecule has 0 saturated heterocycles. The molecule has 0 aromatic heterocycles. The highest BCUT2D eigenvalue weighted by molar-refractivity contribution is 9.11. The summed E-state index contributed by atoms with van der Waals surface area (Å²) in [7, 11) is 0. The van der Waals surface area contributed by atoms with Crippen LogP contribution in [0.15, 0.2) is 86.5 Å². The van der Waals surface area contributed by atoms with E-state index in [2.05, 4.69) is 47.7 Å². The average Bonchev–Trinajstić information content (AvgIpc) is 2.77. The quantitative estimate of drug-likeness (QED) is 0.206. The molecule has 0 aliphatic heterocycles. The Kier molecular flexibility index (Phi) is 8.21. The average molecular weight is 578 g/mol. The van der Waals surface area contributed by atoms with Crippen LogP contribution < -0.4 is 10.7 Å². The zero-order chi connectivity index (χ0) is 23.1. The maximum Gasteiger partial charge on any atom is 0.287 e. The number of hydrazone groups is 1. The van der Waals surface area contributed by atoms with E-state index < -0.39 is 11.8 Å².